The molecule has 27 heavy (non-hydrogen) atoms. The maximum Gasteiger partial charge on any atom is 0.271 e. The van der Waals surface area contributed by atoms with Gasteiger partial charge in [0.25, 0.3) is 5.56 Å². The normalized spacial score (nSPS) is 25.9. The van der Waals surface area contributed by atoms with Crippen LogP contribution in [0.4, 0.5) is 0 Å². The zero-order chi connectivity index (χ0) is 18.8. The van der Waals surface area contributed by atoms with Crippen LogP contribution in [0.2, 0.25) is 0 Å². The molecule has 0 spiro atoms. The fourth-order valence-electron chi connectivity index (χ4n) is 3.88. The molecule has 5 rings (SSSR count). The minimum atomic E-state index is -1.16. The van der Waals surface area contributed by atoms with E-state index in [0.717, 1.165) is 5.56 Å². The van der Waals surface area contributed by atoms with Crippen LogP contribution in [0, 0.1) is 5.92 Å². The molecule has 3 aromatic rings. The summed E-state index contributed by atoms with van der Waals surface area (Å²) in [5.41, 5.74) is 5.07. The average molecular weight is 381 g/mol. The number of nitrogens with two attached hydrogens (primary N) is 1. The predicted octanol–water partition coefficient (Wildman–Crippen LogP) is 0.764. The maximum atomic E-state index is 13.2. The quantitative estimate of drug-likeness (QED) is 0.708. The monoisotopic (exact) mass is 381 g/mol. The number of rotatable bonds is 2. The zero-order valence-corrected chi connectivity index (χ0v) is 15.1. The molecule has 2 N–H and O–H groups in total. The molecule has 8 heteroatoms. The summed E-state index contributed by atoms with van der Waals surface area (Å²) in [6.45, 7) is 1.73. The molecule has 4 heterocycles. The second-order valence-corrected chi connectivity index (χ2v) is 7.72. The first-order valence-corrected chi connectivity index (χ1v) is 9.23. The van der Waals surface area contributed by atoms with Crippen molar-refractivity contribution in [2.24, 2.45) is 16.6 Å². The molecule has 2 aromatic heterocycles. The number of amides is 1. The zero-order valence-electron chi connectivity index (χ0n) is 14.3. The minimum absolute atomic E-state index is 0.231. The molecular formula is C19H15N3O4S. The number of ether oxygens (including phenoxy) is 1. The lowest BCUT2D eigenvalue weighted by Crippen LogP contribution is -2.59. The first-order valence-electron chi connectivity index (χ1n) is 8.42. The molecule has 0 radical (unpaired) electrons. The van der Waals surface area contributed by atoms with Crippen LogP contribution in [-0.2, 0) is 4.79 Å². The van der Waals surface area contributed by atoms with Gasteiger partial charge in [-0.2, -0.15) is 0 Å². The second kappa shape index (κ2) is 5.43. The van der Waals surface area contributed by atoms with E-state index in [4.69, 9.17) is 14.9 Å². The number of carbonyl (C=O) groups excluding carboxylic acids is 1. The highest BCUT2D eigenvalue weighted by Gasteiger charge is 2.54. The third kappa shape index (κ3) is 2.23. The van der Waals surface area contributed by atoms with E-state index in [0.29, 0.717) is 20.8 Å². The summed E-state index contributed by atoms with van der Waals surface area (Å²) in [5.74, 6) is -0.167. The summed E-state index contributed by atoms with van der Waals surface area (Å²) >= 11 is 1.24. The molecule has 0 fully saturated rings. The minimum Gasteiger partial charge on any atom is -0.465 e. The SMILES string of the molecule is C[C@]12N=c3s/c(=C\c4ccco4)c(=O)n3[C@H](c3ccccc3O1)[C@@H]2C(N)=O. The van der Waals surface area contributed by atoms with Crippen molar-refractivity contribution in [1.82, 2.24) is 4.57 Å². The molecule has 136 valence electrons. The van der Waals surface area contributed by atoms with E-state index in [-0.39, 0.29) is 5.56 Å². The van der Waals surface area contributed by atoms with Gasteiger partial charge in [0.1, 0.15) is 17.4 Å². The van der Waals surface area contributed by atoms with Crippen molar-refractivity contribution in [1.29, 1.82) is 0 Å². The summed E-state index contributed by atoms with van der Waals surface area (Å²) in [4.78, 5) is 30.6. The van der Waals surface area contributed by atoms with Gasteiger partial charge in [0, 0.05) is 11.6 Å². The predicted molar refractivity (Wildman–Crippen MR) is 97.9 cm³/mol. The Bertz CT molecular complexity index is 1240. The smallest absolute Gasteiger partial charge is 0.271 e. The van der Waals surface area contributed by atoms with E-state index in [1.54, 1.807) is 36.0 Å². The largest absolute Gasteiger partial charge is 0.465 e. The number of benzene rings is 1. The molecule has 1 amide bonds. The van der Waals surface area contributed by atoms with E-state index in [2.05, 4.69) is 4.99 Å². The molecule has 2 aliphatic heterocycles. The lowest BCUT2D eigenvalue weighted by atomic mass is 9.81. The van der Waals surface area contributed by atoms with Gasteiger partial charge in [0.05, 0.1) is 16.8 Å². The van der Waals surface area contributed by atoms with Crippen LogP contribution < -0.4 is 25.4 Å². The van der Waals surface area contributed by atoms with Crippen molar-refractivity contribution >= 4 is 23.3 Å². The Morgan fingerprint density at radius 1 is 1.33 bits per heavy atom. The van der Waals surface area contributed by atoms with Crippen molar-refractivity contribution in [2.75, 3.05) is 0 Å². The standard InChI is InChI=1S/C19H15N3O4S/c1-19-14(16(20)23)15(11-6-2-3-7-12(11)26-19)22-17(24)13(27-18(22)21-19)9-10-5-4-8-25-10/h2-9,14-15H,1H3,(H2,20,23)/b13-9-/t14-,15-,19+/m1/s1. The fourth-order valence-corrected chi connectivity index (χ4v) is 4.96. The Kier molecular flexibility index (Phi) is 3.23. The van der Waals surface area contributed by atoms with Gasteiger partial charge in [-0.25, -0.2) is 4.99 Å². The van der Waals surface area contributed by atoms with E-state index < -0.39 is 23.6 Å². The molecule has 0 unspecified atom stereocenters. The average Bonchev–Trinajstić information content (AvgIpc) is 3.22. The number of nitrogens with zero attached hydrogens (tertiary/aromatic N) is 2. The number of hydrogen-bond acceptors (Lipinski definition) is 6. The second-order valence-electron chi connectivity index (χ2n) is 6.72. The van der Waals surface area contributed by atoms with E-state index in [1.807, 2.05) is 24.3 Å². The number of thiazole rings is 1. The number of primary amides is 1. The van der Waals surface area contributed by atoms with Gasteiger partial charge in [-0.15, -0.1) is 0 Å². The first-order chi connectivity index (χ1) is 13.0. The van der Waals surface area contributed by atoms with Crippen LogP contribution in [0.1, 0.15) is 24.3 Å². The molecule has 2 aliphatic rings. The van der Waals surface area contributed by atoms with E-state index in [1.165, 1.54) is 11.3 Å². The van der Waals surface area contributed by atoms with Gasteiger partial charge in [-0.3, -0.25) is 14.2 Å². The van der Waals surface area contributed by atoms with Crippen molar-refractivity contribution in [3.8, 4) is 5.75 Å². The number of fused-ring (bicyclic) bond motifs is 6. The Balaban J connectivity index is 1.85. The highest BCUT2D eigenvalue weighted by Crippen LogP contribution is 2.46. The highest BCUT2D eigenvalue weighted by molar-refractivity contribution is 7.07. The van der Waals surface area contributed by atoms with Crippen LogP contribution in [0.25, 0.3) is 6.08 Å². The summed E-state index contributed by atoms with van der Waals surface area (Å²) in [7, 11) is 0. The Morgan fingerprint density at radius 2 is 2.15 bits per heavy atom. The molecule has 0 aliphatic carbocycles. The van der Waals surface area contributed by atoms with Crippen LogP contribution in [-0.4, -0.2) is 16.2 Å². The summed E-state index contributed by atoms with van der Waals surface area (Å²) in [6.07, 6.45) is 3.22. The van der Waals surface area contributed by atoms with Gasteiger partial charge in [-0.05, 0) is 25.1 Å². The third-order valence-corrected chi connectivity index (χ3v) is 5.99. The number of hydrogen-bond donors (Lipinski definition) is 1. The van der Waals surface area contributed by atoms with Gasteiger partial charge in [0.15, 0.2) is 4.80 Å². The van der Waals surface area contributed by atoms with Crippen molar-refractivity contribution in [3.63, 3.8) is 0 Å². The summed E-state index contributed by atoms with van der Waals surface area (Å²) in [5, 5.41) is 0. The van der Waals surface area contributed by atoms with Crippen LogP contribution in [0.3, 0.4) is 0 Å². The van der Waals surface area contributed by atoms with Crippen LogP contribution in [0.5, 0.6) is 5.75 Å². The summed E-state index contributed by atoms with van der Waals surface area (Å²) in [6, 6.07) is 10.3. The molecule has 0 saturated heterocycles. The Labute approximate surface area is 157 Å². The number of para-hydroxylation sites is 1. The lowest BCUT2D eigenvalue weighted by Gasteiger charge is -2.44. The Morgan fingerprint density at radius 3 is 2.89 bits per heavy atom. The first kappa shape index (κ1) is 16.1. The molecule has 2 bridgehead atoms. The maximum absolute atomic E-state index is 13.2. The van der Waals surface area contributed by atoms with Gasteiger partial charge in [0.2, 0.25) is 11.6 Å². The fraction of sp³-hybridized carbons (Fsp3) is 0.211. The van der Waals surface area contributed by atoms with Crippen LogP contribution in [0.15, 0.2) is 56.9 Å². The summed E-state index contributed by atoms with van der Waals surface area (Å²) < 4.78 is 13.4. The van der Waals surface area contributed by atoms with Crippen molar-refractivity contribution in [3.05, 3.63) is 73.7 Å². The molecule has 7 nitrogen and oxygen atoms in total. The molecule has 0 saturated carbocycles. The number of carbonyl (C=O) groups is 1. The van der Waals surface area contributed by atoms with Crippen LogP contribution >= 0.6 is 11.3 Å². The van der Waals surface area contributed by atoms with Gasteiger partial charge in [-0.1, -0.05) is 29.5 Å². The lowest BCUT2D eigenvalue weighted by molar-refractivity contribution is -0.133. The van der Waals surface area contributed by atoms with E-state index in [9.17, 15) is 9.59 Å². The topological polar surface area (TPSA) is 99.8 Å². The van der Waals surface area contributed by atoms with Gasteiger partial charge >= 0.3 is 0 Å². The number of aromatic nitrogens is 1. The van der Waals surface area contributed by atoms with Crippen molar-refractivity contribution in [2.45, 2.75) is 18.7 Å². The highest BCUT2D eigenvalue weighted by atomic mass is 32.1. The van der Waals surface area contributed by atoms with E-state index >= 15 is 0 Å². The molecule has 3 atom stereocenters. The molecular weight excluding hydrogens is 366 g/mol. The number of furan rings is 1. The molecule has 1 aromatic carbocycles. The van der Waals surface area contributed by atoms with Gasteiger partial charge < -0.3 is 14.9 Å². The van der Waals surface area contributed by atoms with Crippen molar-refractivity contribution < 1.29 is 13.9 Å². The Hall–Kier alpha value is -3.13. The third-order valence-electron chi connectivity index (χ3n) is 5.00.